The Morgan fingerprint density at radius 3 is 2.70 bits per heavy atom. The molecule has 3 aromatic rings. The SMILES string of the molecule is CCc1ccc(C(C)NC(=O)c2oc3c(c2C)-c2nc(C)sc2CC3)cc1. The number of benzene rings is 1. The fraction of sp³-hybridized carbons (Fsp3) is 0.364. The van der Waals surface area contributed by atoms with Crippen LogP contribution in [-0.4, -0.2) is 10.9 Å². The van der Waals surface area contributed by atoms with Crippen molar-refractivity contribution in [3.05, 3.63) is 62.4 Å². The van der Waals surface area contributed by atoms with Crippen molar-refractivity contribution in [3.8, 4) is 11.3 Å². The molecule has 0 fully saturated rings. The summed E-state index contributed by atoms with van der Waals surface area (Å²) >= 11 is 1.74. The highest BCUT2D eigenvalue weighted by Gasteiger charge is 2.30. The number of thiazole rings is 1. The number of carbonyl (C=O) groups excluding carboxylic acids is 1. The molecule has 0 saturated carbocycles. The van der Waals surface area contributed by atoms with Gasteiger partial charge >= 0.3 is 0 Å². The van der Waals surface area contributed by atoms with Gasteiger partial charge in [-0.1, -0.05) is 31.2 Å². The Labute approximate surface area is 163 Å². The second-order valence-electron chi connectivity index (χ2n) is 7.15. The molecule has 0 aliphatic heterocycles. The summed E-state index contributed by atoms with van der Waals surface area (Å²) in [5.74, 6) is 1.13. The fourth-order valence-corrected chi connectivity index (χ4v) is 4.67. The Morgan fingerprint density at radius 1 is 1.26 bits per heavy atom. The van der Waals surface area contributed by atoms with E-state index in [0.717, 1.165) is 52.4 Å². The number of amides is 1. The van der Waals surface area contributed by atoms with Crippen LogP contribution in [0.25, 0.3) is 11.3 Å². The Bertz CT molecular complexity index is 998. The number of hydrogen-bond donors (Lipinski definition) is 1. The van der Waals surface area contributed by atoms with Gasteiger partial charge in [0.05, 0.1) is 16.7 Å². The normalized spacial score (nSPS) is 13.8. The van der Waals surface area contributed by atoms with Gasteiger partial charge in [-0.15, -0.1) is 11.3 Å². The third kappa shape index (κ3) is 3.21. The molecule has 1 amide bonds. The first kappa shape index (κ1) is 18.0. The highest BCUT2D eigenvalue weighted by atomic mass is 32.1. The Balaban J connectivity index is 1.59. The second kappa shape index (κ2) is 6.97. The smallest absolute Gasteiger partial charge is 0.287 e. The molecule has 0 spiro atoms. The van der Waals surface area contributed by atoms with Crippen LogP contribution in [0.3, 0.4) is 0 Å². The number of rotatable bonds is 4. The third-order valence-corrected chi connectivity index (χ3v) is 6.31. The number of hydrogen-bond acceptors (Lipinski definition) is 4. The lowest BCUT2D eigenvalue weighted by Crippen LogP contribution is -2.26. The molecule has 4 rings (SSSR count). The molecule has 2 aromatic heterocycles. The minimum Gasteiger partial charge on any atom is -0.455 e. The van der Waals surface area contributed by atoms with Crippen molar-refractivity contribution in [1.82, 2.24) is 10.3 Å². The van der Waals surface area contributed by atoms with Crippen molar-refractivity contribution >= 4 is 17.2 Å². The zero-order valence-electron chi connectivity index (χ0n) is 16.2. The van der Waals surface area contributed by atoms with E-state index in [0.29, 0.717) is 5.76 Å². The lowest BCUT2D eigenvalue weighted by Gasteiger charge is -2.14. The summed E-state index contributed by atoms with van der Waals surface area (Å²) in [6, 6.07) is 8.30. The predicted molar refractivity (Wildman–Crippen MR) is 108 cm³/mol. The molecule has 140 valence electrons. The molecule has 1 aromatic carbocycles. The average Bonchev–Trinajstić information content (AvgIpc) is 3.20. The molecular weight excluding hydrogens is 356 g/mol. The van der Waals surface area contributed by atoms with E-state index in [9.17, 15) is 4.79 Å². The van der Waals surface area contributed by atoms with Gasteiger partial charge in [0.1, 0.15) is 5.76 Å². The van der Waals surface area contributed by atoms with Gasteiger partial charge < -0.3 is 9.73 Å². The van der Waals surface area contributed by atoms with Crippen LogP contribution in [-0.2, 0) is 19.3 Å². The standard InChI is InChI=1S/C22H24N2O2S/c1-5-15-6-8-16(9-7-15)13(3)23-22(25)21-12(2)19-17(26-21)10-11-18-20(19)24-14(4)27-18/h6-9,13H,5,10-11H2,1-4H3,(H,23,25). The molecule has 2 heterocycles. The zero-order valence-corrected chi connectivity index (χ0v) is 17.0. The highest BCUT2D eigenvalue weighted by molar-refractivity contribution is 7.12. The van der Waals surface area contributed by atoms with Gasteiger partial charge in [-0.3, -0.25) is 4.79 Å². The number of furan rings is 1. The van der Waals surface area contributed by atoms with Crippen LogP contribution >= 0.6 is 11.3 Å². The summed E-state index contributed by atoms with van der Waals surface area (Å²) in [6.07, 6.45) is 2.77. The van der Waals surface area contributed by atoms with Crippen LogP contribution in [0.5, 0.6) is 0 Å². The average molecular weight is 381 g/mol. The molecule has 0 radical (unpaired) electrons. The number of nitrogens with one attached hydrogen (secondary N) is 1. The second-order valence-corrected chi connectivity index (χ2v) is 8.44. The van der Waals surface area contributed by atoms with Gasteiger partial charge in [-0.25, -0.2) is 4.98 Å². The van der Waals surface area contributed by atoms with Crippen molar-refractivity contribution in [3.63, 3.8) is 0 Å². The molecule has 1 unspecified atom stereocenters. The van der Waals surface area contributed by atoms with Crippen LogP contribution in [0.4, 0.5) is 0 Å². The molecule has 1 aliphatic carbocycles. The maximum Gasteiger partial charge on any atom is 0.287 e. The van der Waals surface area contributed by atoms with Gasteiger partial charge in [0.15, 0.2) is 5.76 Å². The van der Waals surface area contributed by atoms with E-state index in [1.165, 1.54) is 10.4 Å². The maximum atomic E-state index is 12.9. The molecular formula is C22H24N2O2S. The lowest BCUT2D eigenvalue weighted by atomic mass is 9.97. The maximum absolute atomic E-state index is 12.9. The first-order valence-electron chi connectivity index (χ1n) is 9.46. The summed E-state index contributed by atoms with van der Waals surface area (Å²) in [6.45, 7) is 8.12. The van der Waals surface area contributed by atoms with Crippen molar-refractivity contribution in [2.24, 2.45) is 0 Å². The van der Waals surface area contributed by atoms with E-state index in [2.05, 4.69) is 41.5 Å². The number of nitrogens with zero attached hydrogens (tertiary/aromatic N) is 1. The topological polar surface area (TPSA) is 55.1 Å². The number of aryl methyl sites for hydroxylation is 4. The van der Waals surface area contributed by atoms with Crippen LogP contribution in [0.2, 0.25) is 0 Å². The Morgan fingerprint density at radius 2 is 2.00 bits per heavy atom. The number of fused-ring (bicyclic) bond motifs is 3. The van der Waals surface area contributed by atoms with Crippen LogP contribution in [0, 0.1) is 13.8 Å². The van der Waals surface area contributed by atoms with E-state index in [1.54, 1.807) is 11.3 Å². The summed E-state index contributed by atoms with van der Waals surface area (Å²) in [5.41, 5.74) is 5.29. The van der Waals surface area contributed by atoms with Crippen LogP contribution in [0.15, 0.2) is 28.7 Å². The zero-order chi connectivity index (χ0) is 19.1. The fourth-order valence-electron chi connectivity index (χ4n) is 3.72. The van der Waals surface area contributed by atoms with E-state index in [-0.39, 0.29) is 11.9 Å². The first-order valence-corrected chi connectivity index (χ1v) is 10.3. The first-order chi connectivity index (χ1) is 13.0. The monoisotopic (exact) mass is 380 g/mol. The minimum atomic E-state index is -0.164. The summed E-state index contributed by atoms with van der Waals surface area (Å²) in [5, 5.41) is 4.14. The van der Waals surface area contributed by atoms with Gasteiger partial charge in [-0.2, -0.15) is 0 Å². The molecule has 0 saturated heterocycles. The summed E-state index contributed by atoms with van der Waals surface area (Å²) in [4.78, 5) is 18.9. The molecule has 5 heteroatoms. The summed E-state index contributed by atoms with van der Waals surface area (Å²) < 4.78 is 5.99. The molecule has 1 aliphatic rings. The third-order valence-electron chi connectivity index (χ3n) is 5.28. The van der Waals surface area contributed by atoms with E-state index >= 15 is 0 Å². The van der Waals surface area contributed by atoms with Crippen molar-refractivity contribution < 1.29 is 9.21 Å². The molecule has 1 atom stereocenters. The predicted octanol–water partition coefficient (Wildman–Crippen LogP) is 5.17. The highest BCUT2D eigenvalue weighted by Crippen LogP contribution is 2.40. The van der Waals surface area contributed by atoms with Crippen molar-refractivity contribution in [2.45, 2.75) is 53.0 Å². The van der Waals surface area contributed by atoms with Gasteiger partial charge in [-0.05, 0) is 44.7 Å². The lowest BCUT2D eigenvalue weighted by molar-refractivity contribution is 0.0909. The number of aromatic nitrogens is 1. The quantitative estimate of drug-likeness (QED) is 0.679. The van der Waals surface area contributed by atoms with E-state index in [4.69, 9.17) is 4.42 Å². The Kier molecular flexibility index (Phi) is 4.64. The van der Waals surface area contributed by atoms with E-state index < -0.39 is 0 Å². The van der Waals surface area contributed by atoms with Crippen LogP contribution < -0.4 is 5.32 Å². The van der Waals surface area contributed by atoms with Gasteiger partial charge in [0.2, 0.25) is 0 Å². The molecule has 0 bridgehead atoms. The Hall–Kier alpha value is -2.40. The molecule has 4 nitrogen and oxygen atoms in total. The minimum absolute atomic E-state index is 0.0815. The van der Waals surface area contributed by atoms with E-state index in [1.807, 2.05) is 20.8 Å². The van der Waals surface area contributed by atoms with Gasteiger partial charge in [0, 0.05) is 22.4 Å². The summed E-state index contributed by atoms with van der Waals surface area (Å²) in [7, 11) is 0. The molecule has 27 heavy (non-hydrogen) atoms. The van der Waals surface area contributed by atoms with Crippen molar-refractivity contribution in [1.29, 1.82) is 0 Å². The number of carbonyl (C=O) groups is 1. The van der Waals surface area contributed by atoms with Crippen LogP contribution in [0.1, 0.15) is 62.8 Å². The molecule has 1 N–H and O–H groups in total. The largest absolute Gasteiger partial charge is 0.455 e. The van der Waals surface area contributed by atoms with Gasteiger partial charge in [0.25, 0.3) is 5.91 Å². The van der Waals surface area contributed by atoms with Crippen molar-refractivity contribution in [2.75, 3.05) is 0 Å².